The summed E-state index contributed by atoms with van der Waals surface area (Å²) in [6.45, 7) is 8.52. The Hall–Kier alpha value is -3.22. The number of carbonyl (C=O) groups is 6. The number of piperidine rings is 2. The molecule has 0 aromatic carbocycles. The predicted molar refractivity (Wildman–Crippen MR) is 196 cm³/mol. The topological polar surface area (TPSA) is 193 Å². The van der Waals surface area contributed by atoms with Gasteiger partial charge in [0.2, 0.25) is 29.5 Å². The summed E-state index contributed by atoms with van der Waals surface area (Å²) in [5.74, 6) is -2.04. The van der Waals surface area contributed by atoms with Gasteiger partial charge in [-0.1, -0.05) is 0 Å². The summed E-state index contributed by atoms with van der Waals surface area (Å²) < 4.78 is 6.11. The first kappa shape index (κ1) is 37.4. The van der Waals surface area contributed by atoms with E-state index in [1.807, 2.05) is 11.9 Å². The van der Waals surface area contributed by atoms with E-state index in [0.717, 1.165) is 97.4 Å². The zero-order valence-electron chi connectivity index (χ0n) is 32.0. The number of amides is 6. The quantitative estimate of drug-likeness (QED) is 0.194. The Kier molecular flexibility index (Phi) is 9.93. The normalized spacial score (nSPS) is 39.3. The first-order chi connectivity index (χ1) is 26.4. The lowest BCUT2D eigenvalue weighted by molar-refractivity contribution is -0.151. The van der Waals surface area contributed by atoms with Gasteiger partial charge in [0.25, 0.3) is 0 Å². The number of imide groups is 2. The van der Waals surface area contributed by atoms with Crippen LogP contribution in [0, 0.1) is 23.7 Å². The molecule has 2 aliphatic carbocycles. The highest BCUT2D eigenvalue weighted by atomic mass is 16.6. The second kappa shape index (κ2) is 14.6. The van der Waals surface area contributed by atoms with Crippen molar-refractivity contribution in [2.75, 3.05) is 72.5 Å². The lowest BCUT2D eigenvalue weighted by atomic mass is 9.76. The lowest BCUT2D eigenvalue weighted by Crippen LogP contribution is -2.67. The van der Waals surface area contributed by atoms with Crippen LogP contribution in [-0.2, 0) is 28.7 Å². The molecule has 2 saturated carbocycles. The van der Waals surface area contributed by atoms with Crippen molar-refractivity contribution in [1.29, 1.82) is 0 Å². The number of likely N-dealkylation sites (tertiary alicyclic amines) is 4. The third kappa shape index (κ3) is 7.06. The van der Waals surface area contributed by atoms with Gasteiger partial charge in [-0.25, -0.2) is 9.80 Å². The van der Waals surface area contributed by atoms with Gasteiger partial charge >= 0.3 is 6.09 Å². The van der Waals surface area contributed by atoms with Crippen LogP contribution < -0.4 is 21.8 Å². The molecular weight excluding hydrogens is 708 g/mol. The molecule has 55 heavy (non-hydrogen) atoms. The van der Waals surface area contributed by atoms with E-state index < -0.39 is 23.5 Å². The number of fused-ring (bicyclic) bond motifs is 1. The van der Waals surface area contributed by atoms with Crippen LogP contribution in [0.4, 0.5) is 4.79 Å². The summed E-state index contributed by atoms with van der Waals surface area (Å²) >= 11 is 0. The number of carbonyl (C=O) groups excluding carboxylic acids is 6. The molecule has 9 atom stereocenters. The standard InChI is InChI=1S/C38H58N10O7/c1-43-17-23(13-40-43)41-30-12-25(5-7-28(30)33(39)50)45-10-2-3-26(18-45)47-21-38(55-37(47)54)19-44(20-38)14-22-15-46(16-22)24-4-6-27-29(11-24)36(53)48(35(27)52)31-8-9-32(49)42-34(31)51/h22-31,40-41H,2-21H2,1H3,(H2,39,50)(H,42,49,51)/t23?,24?,25?,26-,27?,28?,29?,30?,31+/m1/s1. The summed E-state index contributed by atoms with van der Waals surface area (Å²) in [6.07, 6.45) is 6.87. The van der Waals surface area contributed by atoms with Crippen LogP contribution in [0.25, 0.3) is 0 Å². The molecule has 17 nitrogen and oxygen atoms in total. The smallest absolute Gasteiger partial charge is 0.410 e. The summed E-state index contributed by atoms with van der Waals surface area (Å²) in [4.78, 5) is 87.0. The average Bonchev–Trinajstić information content (AvgIpc) is 3.78. The predicted octanol–water partition coefficient (Wildman–Crippen LogP) is -1.72. The van der Waals surface area contributed by atoms with Gasteiger partial charge in [-0.3, -0.25) is 59.2 Å². The second-order valence-electron chi connectivity index (χ2n) is 18.3. The molecule has 302 valence electrons. The SMILES string of the molecule is CN1CC(NC2CC(N3CCC[C@@H](N4CC5(CN(CC6CN(C7CCC8C(=O)N([C@H]9CCC(=O)NC9=O)C(=O)C8C7)C6)C5)OC4=O)C3)CCC2C(N)=O)CN1. The molecule has 0 radical (unpaired) electrons. The lowest BCUT2D eigenvalue weighted by Gasteiger charge is -2.52. The minimum atomic E-state index is -0.878. The first-order valence-corrected chi connectivity index (χ1v) is 20.8. The molecule has 7 heterocycles. The van der Waals surface area contributed by atoms with Crippen LogP contribution in [0.3, 0.4) is 0 Å². The molecule has 9 rings (SSSR count). The largest absolute Gasteiger partial charge is 0.438 e. The summed E-state index contributed by atoms with van der Waals surface area (Å²) in [7, 11) is 2.03. The van der Waals surface area contributed by atoms with E-state index in [9.17, 15) is 28.8 Å². The van der Waals surface area contributed by atoms with Gasteiger partial charge in [0, 0.05) is 96.0 Å². The number of hydrogen-bond donors (Lipinski definition) is 4. The Morgan fingerprint density at radius 1 is 0.873 bits per heavy atom. The fourth-order valence-electron chi connectivity index (χ4n) is 11.8. The summed E-state index contributed by atoms with van der Waals surface area (Å²) in [5, 5.41) is 8.12. The van der Waals surface area contributed by atoms with Crippen molar-refractivity contribution in [1.82, 2.24) is 45.6 Å². The highest BCUT2D eigenvalue weighted by Crippen LogP contribution is 2.43. The number of nitrogens with two attached hydrogens (primary N) is 1. The average molecular weight is 767 g/mol. The van der Waals surface area contributed by atoms with E-state index >= 15 is 0 Å². The van der Waals surface area contributed by atoms with Gasteiger partial charge in [0.05, 0.1) is 24.3 Å². The van der Waals surface area contributed by atoms with E-state index in [-0.39, 0.29) is 78.6 Å². The number of likely N-dealkylation sites (N-methyl/N-ethyl adjacent to an activating group) is 1. The second-order valence-corrected chi connectivity index (χ2v) is 18.3. The third-order valence-corrected chi connectivity index (χ3v) is 14.6. The Morgan fingerprint density at radius 2 is 1.64 bits per heavy atom. The number of hydrazine groups is 1. The zero-order valence-corrected chi connectivity index (χ0v) is 32.0. The molecule has 5 N–H and O–H groups in total. The fraction of sp³-hybridized carbons (Fsp3) is 0.842. The summed E-state index contributed by atoms with van der Waals surface area (Å²) in [5.41, 5.74) is 8.76. The maximum absolute atomic E-state index is 13.4. The Balaban J connectivity index is 0.725. The maximum Gasteiger partial charge on any atom is 0.410 e. The molecule has 9 aliphatic rings. The van der Waals surface area contributed by atoms with Crippen LogP contribution in [0.1, 0.15) is 64.2 Å². The van der Waals surface area contributed by atoms with E-state index in [0.29, 0.717) is 31.3 Å². The van der Waals surface area contributed by atoms with Gasteiger partial charge in [0.1, 0.15) is 6.04 Å². The molecule has 7 unspecified atom stereocenters. The molecule has 6 amide bonds. The van der Waals surface area contributed by atoms with Crippen LogP contribution in [0.15, 0.2) is 0 Å². The van der Waals surface area contributed by atoms with Crippen molar-refractivity contribution in [3.05, 3.63) is 0 Å². The number of rotatable bonds is 9. The zero-order chi connectivity index (χ0) is 38.2. The van der Waals surface area contributed by atoms with Crippen molar-refractivity contribution in [3.63, 3.8) is 0 Å². The van der Waals surface area contributed by atoms with Gasteiger partial charge < -0.3 is 15.8 Å². The van der Waals surface area contributed by atoms with Crippen molar-refractivity contribution >= 4 is 35.6 Å². The maximum atomic E-state index is 13.4. The molecule has 1 spiro atoms. The van der Waals surface area contributed by atoms with Gasteiger partial charge in [-0.15, -0.1) is 0 Å². The molecular formula is C38H58N10O7. The summed E-state index contributed by atoms with van der Waals surface area (Å²) in [6, 6.07) is 0.163. The van der Waals surface area contributed by atoms with Crippen molar-refractivity contribution in [2.24, 2.45) is 29.4 Å². The van der Waals surface area contributed by atoms with E-state index in [1.54, 1.807) is 0 Å². The molecule has 7 aliphatic heterocycles. The molecule has 0 bridgehead atoms. The molecule has 0 aromatic heterocycles. The first-order valence-electron chi connectivity index (χ1n) is 20.8. The highest BCUT2D eigenvalue weighted by Gasteiger charge is 2.57. The number of nitrogens with zero attached hydrogens (tertiary/aromatic N) is 6. The van der Waals surface area contributed by atoms with Crippen molar-refractivity contribution < 1.29 is 33.5 Å². The number of nitrogens with one attached hydrogen (secondary N) is 3. The number of hydrogen-bond acceptors (Lipinski definition) is 13. The Bertz CT molecular complexity index is 1590. The van der Waals surface area contributed by atoms with E-state index in [4.69, 9.17) is 10.5 Å². The number of primary amides is 1. The minimum absolute atomic E-state index is 0.0497. The Morgan fingerprint density at radius 3 is 2.38 bits per heavy atom. The van der Waals surface area contributed by atoms with Crippen LogP contribution in [0.2, 0.25) is 0 Å². The van der Waals surface area contributed by atoms with Gasteiger partial charge in [0.15, 0.2) is 5.60 Å². The van der Waals surface area contributed by atoms with Crippen LogP contribution >= 0.6 is 0 Å². The number of ether oxygens (including phenoxy) is 1. The van der Waals surface area contributed by atoms with E-state index in [2.05, 4.69) is 35.8 Å². The van der Waals surface area contributed by atoms with Crippen molar-refractivity contribution in [3.8, 4) is 0 Å². The fourth-order valence-corrected chi connectivity index (χ4v) is 11.8. The van der Waals surface area contributed by atoms with Gasteiger partial charge in [-0.2, -0.15) is 0 Å². The van der Waals surface area contributed by atoms with Crippen LogP contribution in [-0.4, -0.2) is 179 Å². The van der Waals surface area contributed by atoms with E-state index in [1.165, 1.54) is 4.90 Å². The minimum Gasteiger partial charge on any atom is -0.438 e. The molecule has 9 fully saturated rings. The van der Waals surface area contributed by atoms with Crippen molar-refractivity contribution in [2.45, 2.75) is 106 Å². The Labute approximate surface area is 322 Å². The monoisotopic (exact) mass is 766 g/mol. The molecule has 17 heteroatoms. The highest BCUT2D eigenvalue weighted by molar-refractivity contribution is 6.10. The van der Waals surface area contributed by atoms with Gasteiger partial charge in [-0.05, 0) is 70.3 Å². The van der Waals surface area contributed by atoms with Crippen LogP contribution in [0.5, 0.6) is 0 Å². The third-order valence-electron chi connectivity index (χ3n) is 14.6. The molecule has 7 saturated heterocycles. The molecule has 0 aromatic rings.